The lowest BCUT2D eigenvalue weighted by molar-refractivity contribution is -0.385. The Morgan fingerprint density at radius 1 is 1.29 bits per heavy atom. The van der Waals surface area contributed by atoms with Gasteiger partial charge in [0.25, 0.3) is 11.6 Å². The third-order valence-electron chi connectivity index (χ3n) is 3.33. The number of amides is 1. The van der Waals surface area contributed by atoms with Gasteiger partial charge in [-0.15, -0.1) is 0 Å². The van der Waals surface area contributed by atoms with Gasteiger partial charge in [0.1, 0.15) is 5.56 Å². The summed E-state index contributed by atoms with van der Waals surface area (Å²) in [4.78, 5) is 23.3. The van der Waals surface area contributed by atoms with Crippen LogP contribution >= 0.6 is 23.8 Å². The summed E-state index contributed by atoms with van der Waals surface area (Å²) < 4.78 is 0. The zero-order valence-corrected chi connectivity index (χ0v) is 14.5. The van der Waals surface area contributed by atoms with Gasteiger partial charge in [0.15, 0.2) is 0 Å². The molecule has 5 nitrogen and oxygen atoms in total. The molecule has 124 valence electrons. The van der Waals surface area contributed by atoms with Gasteiger partial charge in [-0.3, -0.25) is 14.9 Å². The average molecular weight is 363 g/mol. The summed E-state index contributed by atoms with van der Waals surface area (Å²) in [6, 6.07) is 11.7. The number of nitrogens with one attached hydrogen (secondary N) is 1. The largest absolute Gasteiger partial charge is 0.347 e. The first kappa shape index (κ1) is 18.0. The molecule has 0 radical (unpaired) electrons. The lowest BCUT2D eigenvalue weighted by atomic mass is 10.1. The molecule has 2 aromatic carbocycles. The Kier molecular flexibility index (Phi) is 6.00. The summed E-state index contributed by atoms with van der Waals surface area (Å²) in [6.45, 7) is 1.93. The van der Waals surface area contributed by atoms with Gasteiger partial charge in [0.2, 0.25) is 0 Å². The fourth-order valence-corrected chi connectivity index (χ4v) is 2.65. The second-order valence-corrected chi connectivity index (χ2v) is 6.32. The Balaban J connectivity index is 2.02. The topological polar surface area (TPSA) is 72.2 Å². The molecule has 0 aliphatic heterocycles. The maximum Gasteiger partial charge on any atom is 0.282 e. The number of benzene rings is 2. The Morgan fingerprint density at radius 2 is 2.04 bits per heavy atom. The van der Waals surface area contributed by atoms with Crippen LogP contribution in [-0.2, 0) is 6.42 Å². The lowest BCUT2D eigenvalue weighted by Gasteiger charge is -2.08. The van der Waals surface area contributed by atoms with E-state index in [-0.39, 0.29) is 17.8 Å². The Labute approximate surface area is 149 Å². The molecule has 0 saturated heterocycles. The molecule has 0 atom stereocenters. The molecule has 0 saturated carbocycles. The van der Waals surface area contributed by atoms with Crippen molar-refractivity contribution < 1.29 is 9.72 Å². The molecule has 0 spiro atoms. The van der Waals surface area contributed by atoms with Gasteiger partial charge in [0.05, 0.1) is 4.92 Å². The van der Waals surface area contributed by atoms with E-state index in [0.29, 0.717) is 16.3 Å². The SMILES string of the molecule is Cc1ccc([N+](=O)[O-])c(C(=O)NCC(=S)Cc2cccc(Cl)c2)c1. The summed E-state index contributed by atoms with van der Waals surface area (Å²) in [5.41, 5.74) is 1.53. The molecular formula is C17H15ClN2O3S. The van der Waals surface area contributed by atoms with Crippen molar-refractivity contribution in [3.05, 3.63) is 74.3 Å². The highest BCUT2D eigenvalue weighted by atomic mass is 35.5. The van der Waals surface area contributed by atoms with Crippen molar-refractivity contribution in [2.45, 2.75) is 13.3 Å². The number of aryl methyl sites for hydroxylation is 1. The molecule has 2 aromatic rings. The molecule has 0 fully saturated rings. The number of nitro benzene ring substituents is 1. The summed E-state index contributed by atoms with van der Waals surface area (Å²) in [7, 11) is 0. The van der Waals surface area contributed by atoms with Crippen LogP contribution < -0.4 is 5.32 Å². The van der Waals surface area contributed by atoms with Gasteiger partial charge in [-0.1, -0.05) is 42.0 Å². The van der Waals surface area contributed by atoms with E-state index in [1.54, 1.807) is 25.1 Å². The van der Waals surface area contributed by atoms with Crippen LogP contribution in [0.2, 0.25) is 5.02 Å². The van der Waals surface area contributed by atoms with Crippen molar-refractivity contribution in [2.75, 3.05) is 6.54 Å². The third-order valence-corrected chi connectivity index (χ3v) is 3.85. The van der Waals surface area contributed by atoms with Crippen LogP contribution in [0.5, 0.6) is 0 Å². The van der Waals surface area contributed by atoms with Gasteiger partial charge in [-0.2, -0.15) is 0 Å². The number of carbonyl (C=O) groups excluding carboxylic acids is 1. The Bertz CT molecular complexity index is 808. The molecule has 0 aliphatic carbocycles. The first-order chi connectivity index (χ1) is 11.4. The van der Waals surface area contributed by atoms with E-state index in [1.807, 2.05) is 12.1 Å². The lowest BCUT2D eigenvalue weighted by Crippen LogP contribution is -2.30. The van der Waals surface area contributed by atoms with Crippen LogP contribution in [0.4, 0.5) is 5.69 Å². The summed E-state index contributed by atoms with van der Waals surface area (Å²) in [5, 5.41) is 14.3. The van der Waals surface area contributed by atoms with Crippen molar-refractivity contribution >= 4 is 40.3 Å². The van der Waals surface area contributed by atoms with E-state index in [4.69, 9.17) is 23.8 Å². The van der Waals surface area contributed by atoms with E-state index in [2.05, 4.69) is 5.32 Å². The van der Waals surface area contributed by atoms with Crippen molar-refractivity contribution in [1.29, 1.82) is 0 Å². The summed E-state index contributed by atoms with van der Waals surface area (Å²) >= 11 is 11.2. The zero-order valence-electron chi connectivity index (χ0n) is 12.9. The minimum atomic E-state index is -0.571. The van der Waals surface area contributed by atoms with Gasteiger partial charge < -0.3 is 5.32 Å². The maximum absolute atomic E-state index is 12.2. The number of halogens is 1. The van der Waals surface area contributed by atoms with Crippen molar-refractivity contribution in [3.8, 4) is 0 Å². The fourth-order valence-electron chi connectivity index (χ4n) is 2.20. The molecular weight excluding hydrogens is 348 g/mol. The van der Waals surface area contributed by atoms with Gasteiger partial charge in [-0.05, 0) is 36.2 Å². The smallest absolute Gasteiger partial charge is 0.282 e. The van der Waals surface area contributed by atoms with E-state index in [1.165, 1.54) is 12.1 Å². The van der Waals surface area contributed by atoms with Crippen LogP contribution in [0.1, 0.15) is 21.5 Å². The van der Waals surface area contributed by atoms with E-state index in [0.717, 1.165) is 11.1 Å². The maximum atomic E-state index is 12.2. The minimum Gasteiger partial charge on any atom is -0.347 e. The molecule has 24 heavy (non-hydrogen) atoms. The summed E-state index contributed by atoms with van der Waals surface area (Å²) in [5.74, 6) is -0.515. The number of nitrogens with zero attached hydrogens (tertiary/aromatic N) is 1. The highest BCUT2D eigenvalue weighted by molar-refractivity contribution is 7.80. The monoisotopic (exact) mass is 362 g/mol. The molecule has 1 amide bonds. The zero-order chi connectivity index (χ0) is 17.7. The summed E-state index contributed by atoms with van der Waals surface area (Å²) in [6.07, 6.45) is 0.492. The minimum absolute atomic E-state index is 0.0329. The van der Waals surface area contributed by atoms with Gasteiger partial charge in [0, 0.05) is 28.9 Å². The standard InChI is InChI=1S/C17H15ClN2O3S/c1-11-5-6-16(20(22)23)15(7-11)17(21)19-10-14(24)9-12-3-2-4-13(18)8-12/h2-8H,9-10H2,1H3,(H,19,21). The van der Waals surface area contributed by atoms with Crippen molar-refractivity contribution in [1.82, 2.24) is 5.32 Å². The number of nitro groups is 1. The average Bonchev–Trinajstić information content (AvgIpc) is 2.52. The highest BCUT2D eigenvalue weighted by Gasteiger charge is 2.20. The molecule has 7 heteroatoms. The quantitative estimate of drug-likeness (QED) is 0.480. The van der Waals surface area contributed by atoms with Crippen molar-refractivity contribution in [3.63, 3.8) is 0 Å². The predicted molar refractivity (Wildman–Crippen MR) is 97.9 cm³/mol. The van der Waals surface area contributed by atoms with Gasteiger partial charge >= 0.3 is 0 Å². The predicted octanol–water partition coefficient (Wildman–Crippen LogP) is 3.90. The van der Waals surface area contributed by atoms with E-state index in [9.17, 15) is 14.9 Å². The molecule has 0 aromatic heterocycles. The van der Waals surface area contributed by atoms with Crippen LogP contribution in [0.3, 0.4) is 0 Å². The number of thiocarbonyl (C=S) groups is 1. The van der Waals surface area contributed by atoms with E-state index >= 15 is 0 Å². The van der Waals surface area contributed by atoms with Crippen LogP contribution in [0, 0.1) is 17.0 Å². The Morgan fingerprint density at radius 3 is 2.71 bits per heavy atom. The molecule has 0 unspecified atom stereocenters. The van der Waals surface area contributed by atoms with Crippen LogP contribution in [0.15, 0.2) is 42.5 Å². The third kappa shape index (κ3) is 4.84. The van der Waals surface area contributed by atoms with Gasteiger partial charge in [-0.25, -0.2) is 0 Å². The van der Waals surface area contributed by atoms with Crippen LogP contribution in [-0.4, -0.2) is 22.2 Å². The second-order valence-electron chi connectivity index (χ2n) is 5.31. The number of rotatable bonds is 6. The second kappa shape index (κ2) is 7.99. The molecule has 0 heterocycles. The van der Waals surface area contributed by atoms with Crippen molar-refractivity contribution in [2.24, 2.45) is 0 Å². The number of carbonyl (C=O) groups is 1. The highest BCUT2D eigenvalue weighted by Crippen LogP contribution is 2.19. The van der Waals surface area contributed by atoms with Crippen LogP contribution in [0.25, 0.3) is 0 Å². The first-order valence-corrected chi connectivity index (χ1v) is 7.95. The molecule has 0 bridgehead atoms. The molecule has 1 N–H and O–H groups in total. The number of hydrogen-bond acceptors (Lipinski definition) is 4. The molecule has 2 rings (SSSR count). The normalized spacial score (nSPS) is 10.2. The Hall–Kier alpha value is -2.31. The van der Waals surface area contributed by atoms with E-state index < -0.39 is 10.8 Å². The fraction of sp³-hybridized carbons (Fsp3) is 0.176. The molecule has 0 aliphatic rings. The first-order valence-electron chi connectivity index (χ1n) is 7.16. The number of hydrogen-bond donors (Lipinski definition) is 1.